The van der Waals surface area contributed by atoms with Gasteiger partial charge in [0, 0.05) is 28.2 Å². The number of sulfonamides is 1. The molecule has 1 aromatic rings. The highest BCUT2D eigenvalue weighted by Gasteiger charge is 2.28. The summed E-state index contributed by atoms with van der Waals surface area (Å²) in [7, 11) is -3.37. The standard InChI is InChI=1S/C15H25N3O4SSi/c1-3-5-11-21-15(24,22-12-6-4-2)13-7-9-14(10-8-13)23(19,20)18-17-16/h7-10H,3-6,11-12H2,1-2,24H3. The molecule has 9 heteroatoms. The Labute approximate surface area is 146 Å². The zero-order chi connectivity index (χ0) is 18.1. The van der Waals surface area contributed by atoms with Gasteiger partial charge in [0.15, 0.2) is 5.41 Å². The van der Waals surface area contributed by atoms with Crippen LogP contribution in [0.15, 0.2) is 33.7 Å². The minimum Gasteiger partial charge on any atom is -0.351 e. The third kappa shape index (κ3) is 5.92. The molecule has 1 aromatic carbocycles. The molecule has 0 amide bonds. The van der Waals surface area contributed by atoms with Crippen LogP contribution in [0.5, 0.6) is 0 Å². The topological polar surface area (TPSA) is 101 Å². The molecule has 0 N–H and O–H groups in total. The average molecular weight is 372 g/mol. The lowest BCUT2D eigenvalue weighted by Gasteiger charge is -2.31. The summed E-state index contributed by atoms with van der Waals surface area (Å²) >= 11 is 0. The van der Waals surface area contributed by atoms with E-state index in [1.165, 1.54) is 12.1 Å². The Kier molecular flexibility index (Phi) is 8.44. The van der Waals surface area contributed by atoms with Gasteiger partial charge in [-0.15, -0.1) is 0 Å². The molecule has 7 nitrogen and oxygen atoms in total. The number of benzene rings is 1. The van der Waals surface area contributed by atoms with Crippen LogP contribution in [0, 0.1) is 0 Å². The van der Waals surface area contributed by atoms with Gasteiger partial charge in [0.25, 0.3) is 10.0 Å². The van der Waals surface area contributed by atoms with Crippen LogP contribution in [0.2, 0.25) is 0 Å². The van der Waals surface area contributed by atoms with E-state index in [0.717, 1.165) is 31.2 Å². The summed E-state index contributed by atoms with van der Waals surface area (Å²) in [6, 6.07) is 6.14. The Morgan fingerprint density at radius 3 is 2.04 bits per heavy atom. The van der Waals surface area contributed by atoms with Crippen molar-refractivity contribution in [2.75, 3.05) is 13.2 Å². The molecule has 0 heterocycles. The highest BCUT2D eigenvalue weighted by atomic mass is 32.2. The van der Waals surface area contributed by atoms with Gasteiger partial charge in [0.2, 0.25) is 0 Å². The van der Waals surface area contributed by atoms with Crippen molar-refractivity contribution >= 4 is 20.3 Å². The predicted molar refractivity (Wildman–Crippen MR) is 96.1 cm³/mol. The number of nitrogens with zero attached hydrogens (tertiary/aromatic N) is 3. The van der Waals surface area contributed by atoms with Crippen molar-refractivity contribution in [2.45, 2.75) is 49.8 Å². The van der Waals surface area contributed by atoms with Crippen molar-refractivity contribution in [3.8, 4) is 0 Å². The first-order valence-corrected chi connectivity index (χ1v) is 10.5. The fourth-order valence-electron chi connectivity index (χ4n) is 2.06. The molecule has 0 saturated heterocycles. The molecule has 134 valence electrons. The minimum absolute atomic E-state index is 0.0461. The molecule has 0 fully saturated rings. The number of rotatable bonds is 11. The van der Waals surface area contributed by atoms with Crippen molar-refractivity contribution in [1.29, 1.82) is 0 Å². The first-order valence-electron chi connectivity index (χ1n) is 8.09. The van der Waals surface area contributed by atoms with E-state index in [2.05, 4.69) is 23.3 Å². The fraction of sp³-hybridized carbons (Fsp3) is 0.600. The maximum absolute atomic E-state index is 11.7. The van der Waals surface area contributed by atoms with Gasteiger partial charge in [-0.05, 0) is 30.5 Å². The van der Waals surface area contributed by atoms with E-state index in [9.17, 15) is 8.42 Å². The maximum Gasteiger partial charge on any atom is 0.264 e. The fourth-order valence-corrected chi connectivity index (χ4v) is 3.47. The monoisotopic (exact) mass is 371 g/mol. The van der Waals surface area contributed by atoms with Crippen LogP contribution >= 0.6 is 0 Å². The molecule has 1 rings (SSSR count). The average Bonchev–Trinajstić information content (AvgIpc) is 2.55. The van der Waals surface area contributed by atoms with Gasteiger partial charge in [-0.25, -0.2) is 8.42 Å². The van der Waals surface area contributed by atoms with Crippen LogP contribution < -0.4 is 0 Å². The highest BCUT2D eigenvalue weighted by Crippen LogP contribution is 2.26. The summed E-state index contributed by atoms with van der Waals surface area (Å²) in [6.45, 7) is 5.35. The Hall–Kier alpha value is -1.38. The van der Waals surface area contributed by atoms with E-state index < -0.39 is 15.4 Å². The molecule has 0 spiro atoms. The second-order valence-electron chi connectivity index (χ2n) is 5.52. The zero-order valence-corrected chi connectivity index (χ0v) is 17.3. The molecular weight excluding hydrogens is 346 g/mol. The number of azide groups is 1. The Bertz CT molecular complexity index is 648. The lowest BCUT2D eigenvalue weighted by atomic mass is 10.2. The first kappa shape index (κ1) is 20.7. The summed E-state index contributed by atoms with van der Waals surface area (Å²) in [5.41, 5.74) is 8.31. The van der Waals surface area contributed by atoms with Crippen molar-refractivity contribution < 1.29 is 17.9 Å². The maximum atomic E-state index is 11.7. The van der Waals surface area contributed by atoms with Gasteiger partial charge in [-0.2, -0.15) is 0 Å². The molecule has 0 aliphatic rings. The number of ether oxygens (including phenoxy) is 2. The first-order chi connectivity index (χ1) is 11.4. The van der Waals surface area contributed by atoms with Gasteiger partial charge < -0.3 is 9.47 Å². The second-order valence-corrected chi connectivity index (χ2v) is 8.42. The normalized spacial score (nSPS) is 12.1. The summed E-state index contributed by atoms with van der Waals surface area (Å²) < 4.78 is 38.3. The number of hydrogen-bond acceptors (Lipinski definition) is 4. The van der Waals surface area contributed by atoms with Crippen LogP contribution in [-0.2, 0) is 24.9 Å². The quantitative estimate of drug-likeness (QED) is 0.149. The Morgan fingerprint density at radius 2 is 1.62 bits per heavy atom. The second kappa shape index (κ2) is 9.80. The van der Waals surface area contributed by atoms with E-state index in [1.807, 2.05) is 0 Å². The van der Waals surface area contributed by atoms with Crippen LogP contribution in [0.4, 0.5) is 0 Å². The molecule has 0 aromatic heterocycles. The van der Waals surface area contributed by atoms with Crippen LogP contribution in [0.3, 0.4) is 0 Å². The lowest BCUT2D eigenvalue weighted by Crippen LogP contribution is -2.34. The van der Waals surface area contributed by atoms with E-state index >= 15 is 0 Å². The van der Waals surface area contributed by atoms with Crippen molar-refractivity contribution in [3.05, 3.63) is 40.3 Å². The Balaban J connectivity index is 3.02. The Morgan fingerprint density at radius 1 is 1.12 bits per heavy atom. The van der Waals surface area contributed by atoms with Gasteiger partial charge in [0.05, 0.1) is 15.1 Å². The van der Waals surface area contributed by atoms with Crippen molar-refractivity contribution in [3.63, 3.8) is 0 Å². The van der Waals surface area contributed by atoms with Gasteiger partial charge in [-0.1, -0.05) is 38.8 Å². The lowest BCUT2D eigenvalue weighted by molar-refractivity contribution is -0.187. The summed E-state index contributed by atoms with van der Waals surface area (Å²) in [4.78, 5) is 2.30. The van der Waals surface area contributed by atoms with E-state index in [1.54, 1.807) is 12.1 Å². The van der Waals surface area contributed by atoms with Crippen LogP contribution in [0.1, 0.15) is 45.1 Å². The van der Waals surface area contributed by atoms with E-state index in [-0.39, 0.29) is 4.90 Å². The molecule has 0 unspecified atom stereocenters. The summed E-state index contributed by atoms with van der Waals surface area (Å²) in [5, 5.41) is 0. The minimum atomic E-state index is -3.98. The molecule has 0 aliphatic heterocycles. The summed E-state index contributed by atoms with van der Waals surface area (Å²) in [6.07, 6.45) is 3.92. The van der Waals surface area contributed by atoms with E-state index in [4.69, 9.17) is 15.0 Å². The SMILES string of the molecule is CCCCOC([SiH3])(OCCCC)c1ccc(S(=O)(=O)N=[N+]=[N-])cc1. The molecule has 0 aliphatic carbocycles. The highest BCUT2D eigenvalue weighted by molar-refractivity contribution is 7.90. The van der Waals surface area contributed by atoms with Crippen molar-refractivity contribution in [2.24, 2.45) is 4.52 Å². The number of unbranched alkanes of at least 4 members (excludes halogenated alkanes) is 2. The van der Waals surface area contributed by atoms with Gasteiger partial charge >= 0.3 is 0 Å². The van der Waals surface area contributed by atoms with Gasteiger partial charge in [0.1, 0.15) is 0 Å². The smallest absolute Gasteiger partial charge is 0.264 e. The largest absolute Gasteiger partial charge is 0.351 e. The predicted octanol–water partition coefficient (Wildman–Crippen LogP) is 2.79. The number of hydrogen-bond donors (Lipinski definition) is 0. The summed E-state index contributed by atoms with van der Waals surface area (Å²) in [5.74, 6) is 0. The molecule has 0 saturated carbocycles. The molecule has 24 heavy (non-hydrogen) atoms. The third-order valence-electron chi connectivity index (χ3n) is 3.57. The van der Waals surface area contributed by atoms with Gasteiger partial charge in [-0.3, -0.25) is 0 Å². The van der Waals surface area contributed by atoms with E-state index in [0.29, 0.717) is 23.5 Å². The molecule has 0 bridgehead atoms. The molecule has 0 atom stereocenters. The molecule has 0 radical (unpaired) electrons. The molecular formula is C15H25N3O4SSi. The zero-order valence-electron chi connectivity index (χ0n) is 14.4. The van der Waals surface area contributed by atoms with Crippen LogP contribution in [0.25, 0.3) is 10.4 Å². The van der Waals surface area contributed by atoms with Crippen molar-refractivity contribution in [1.82, 2.24) is 0 Å². The third-order valence-corrected chi connectivity index (χ3v) is 5.88. The van der Waals surface area contributed by atoms with Crippen LogP contribution in [-0.4, -0.2) is 31.9 Å².